The zero-order valence-corrected chi connectivity index (χ0v) is 9.07. The van der Waals surface area contributed by atoms with E-state index in [1.807, 2.05) is 38.9 Å². The number of hydrogen-bond acceptors (Lipinski definition) is 2. The molecule has 3 nitrogen and oxygen atoms in total. The van der Waals surface area contributed by atoms with Crippen molar-refractivity contribution < 1.29 is 5.11 Å². The molecule has 0 aliphatic heterocycles. The summed E-state index contributed by atoms with van der Waals surface area (Å²) in [4.78, 5) is 6.17. The highest BCUT2D eigenvalue weighted by Gasteiger charge is 2.01. The monoisotopic (exact) mass is 192 g/mol. The second-order valence-corrected chi connectivity index (χ2v) is 3.63. The van der Waals surface area contributed by atoms with Crippen LogP contribution in [0.25, 0.3) is 0 Å². The smallest absolute Gasteiger partial charge is 0.118 e. The summed E-state index contributed by atoms with van der Waals surface area (Å²) in [5.74, 6) is 0.325. The molecule has 0 heterocycles. The zero-order chi connectivity index (χ0) is 10.7. The Balaban J connectivity index is 3.04. The van der Waals surface area contributed by atoms with Crippen LogP contribution in [0.5, 0.6) is 5.75 Å². The summed E-state index contributed by atoms with van der Waals surface area (Å²) in [7, 11) is 3.85. The third kappa shape index (κ3) is 2.49. The number of aromatic hydroxyl groups is 1. The Hall–Kier alpha value is -1.51. The summed E-state index contributed by atoms with van der Waals surface area (Å²) in [6, 6.07) is 3.61. The molecule has 1 rings (SSSR count). The normalized spacial score (nSPS) is 10.9. The average Bonchev–Trinajstić information content (AvgIpc) is 2.09. The lowest BCUT2D eigenvalue weighted by Crippen LogP contribution is -2.07. The highest BCUT2D eigenvalue weighted by atomic mass is 16.3. The summed E-state index contributed by atoms with van der Waals surface area (Å²) in [5, 5.41) is 9.44. The maximum Gasteiger partial charge on any atom is 0.118 e. The number of hydrogen-bond donors (Lipinski definition) is 1. The van der Waals surface area contributed by atoms with Gasteiger partial charge in [0.15, 0.2) is 0 Å². The van der Waals surface area contributed by atoms with Gasteiger partial charge in [0.2, 0.25) is 0 Å². The van der Waals surface area contributed by atoms with Crippen LogP contribution in [0.1, 0.15) is 11.1 Å². The van der Waals surface area contributed by atoms with E-state index >= 15 is 0 Å². The Morgan fingerprint density at radius 1 is 1.21 bits per heavy atom. The summed E-state index contributed by atoms with van der Waals surface area (Å²) < 4.78 is 0. The molecule has 0 fully saturated rings. The van der Waals surface area contributed by atoms with Crippen LogP contribution in [0, 0.1) is 13.8 Å². The van der Waals surface area contributed by atoms with Crippen LogP contribution in [-0.4, -0.2) is 30.4 Å². The molecule has 0 saturated heterocycles. The van der Waals surface area contributed by atoms with E-state index in [0.717, 1.165) is 16.8 Å². The van der Waals surface area contributed by atoms with Crippen molar-refractivity contribution in [2.45, 2.75) is 13.8 Å². The topological polar surface area (TPSA) is 35.8 Å². The number of benzene rings is 1. The van der Waals surface area contributed by atoms with E-state index in [1.165, 1.54) is 0 Å². The fourth-order valence-corrected chi connectivity index (χ4v) is 1.10. The molecule has 0 radical (unpaired) electrons. The molecule has 1 aromatic carbocycles. The minimum Gasteiger partial charge on any atom is -0.508 e. The molecule has 0 atom stereocenters. The van der Waals surface area contributed by atoms with Gasteiger partial charge in [-0.15, -0.1) is 0 Å². The predicted molar refractivity (Wildman–Crippen MR) is 59.4 cm³/mol. The van der Waals surface area contributed by atoms with Gasteiger partial charge in [0, 0.05) is 14.1 Å². The lowest BCUT2D eigenvalue weighted by molar-refractivity contribution is 0.471. The van der Waals surface area contributed by atoms with Crippen LogP contribution in [0.3, 0.4) is 0 Å². The second kappa shape index (κ2) is 4.13. The van der Waals surface area contributed by atoms with Crippen LogP contribution >= 0.6 is 0 Å². The maximum absolute atomic E-state index is 9.44. The highest BCUT2D eigenvalue weighted by Crippen LogP contribution is 2.26. The van der Waals surface area contributed by atoms with Crippen molar-refractivity contribution in [2.75, 3.05) is 14.1 Å². The number of phenols is 1. The first-order chi connectivity index (χ1) is 6.50. The molecule has 0 amide bonds. The van der Waals surface area contributed by atoms with Crippen molar-refractivity contribution in [1.82, 2.24) is 4.90 Å². The third-order valence-corrected chi connectivity index (χ3v) is 1.94. The first kappa shape index (κ1) is 10.6. The van der Waals surface area contributed by atoms with Gasteiger partial charge in [-0.3, -0.25) is 0 Å². The van der Waals surface area contributed by atoms with Crippen molar-refractivity contribution in [3.63, 3.8) is 0 Å². The zero-order valence-electron chi connectivity index (χ0n) is 9.07. The van der Waals surface area contributed by atoms with Gasteiger partial charge in [-0.25, -0.2) is 4.99 Å². The molecule has 0 aromatic heterocycles. The van der Waals surface area contributed by atoms with Crippen LogP contribution in [0.4, 0.5) is 5.69 Å². The van der Waals surface area contributed by atoms with E-state index in [1.54, 1.807) is 12.4 Å². The molecule has 0 saturated carbocycles. The fourth-order valence-electron chi connectivity index (χ4n) is 1.10. The first-order valence-electron chi connectivity index (χ1n) is 4.51. The second-order valence-electron chi connectivity index (χ2n) is 3.63. The van der Waals surface area contributed by atoms with Crippen LogP contribution in [0.2, 0.25) is 0 Å². The summed E-state index contributed by atoms with van der Waals surface area (Å²) in [5.41, 5.74) is 2.72. The van der Waals surface area contributed by atoms with E-state index < -0.39 is 0 Å². The van der Waals surface area contributed by atoms with Gasteiger partial charge in [-0.1, -0.05) is 0 Å². The minimum absolute atomic E-state index is 0.325. The van der Waals surface area contributed by atoms with Crippen LogP contribution in [-0.2, 0) is 0 Å². The SMILES string of the molecule is Cc1cc(N=CN(C)C)c(C)cc1O. The molecule has 3 heteroatoms. The van der Waals surface area contributed by atoms with Crippen molar-refractivity contribution in [3.8, 4) is 5.75 Å². The van der Waals surface area contributed by atoms with Crippen molar-refractivity contribution >= 4 is 12.0 Å². The molecule has 76 valence electrons. The Labute approximate surface area is 84.7 Å². The molecule has 0 spiro atoms. The van der Waals surface area contributed by atoms with Gasteiger partial charge in [-0.2, -0.15) is 0 Å². The van der Waals surface area contributed by atoms with E-state index in [-0.39, 0.29) is 0 Å². The van der Waals surface area contributed by atoms with E-state index in [0.29, 0.717) is 5.75 Å². The molecule has 0 unspecified atom stereocenters. The number of aryl methyl sites for hydroxylation is 2. The molecule has 0 aliphatic carbocycles. The quantitative estimate of drug-likeness (QED) is 0.576. The van der Waals surface area contributed by atoms with Gasteiger partial charge < -0.3 is 10.0 Å². The largest absolute Gasteiger partial charge is 0.508 e. The van der Waals surface area contributed by atoms with Gasteiger partial charge in [0.05, 0.1) is 12.0 Å². The standard InChI is InChI=1S/C11H16N2O/c1-8-6-11(14)9(2)5-10(8)12-7-13(3)4/h5-7,14H,1-4H3. The first-order valence-corrected chi connectivity index (χ1v) is 4.51. The van der Waals surface area contributed by atoms with Gasteiger partial charge in [0.25, 0.3) is 0 Å². The average molecular weight is 192 g/mol. The Morgan fingerprint density at radius 3 is 2.43 bits per heavy atom. The number of rotatable bonds is 2. The summed E-state index contributed by atoms with van der Waals surface area (Å²) >= 11 is 0. The maximum atomic E-state index is 9.44. The Bertz CT molecular complexity index is 357. The number of phenolic OH excluding ortho intramolecular Hbond substituents is 1. The summed E-state index contributed by atoms with van der Waals surface area (Å²) in [6.07, 6.45) is 1.75. The molecular weight excluding hydrogens is 176 g/mol. The molecule has 0 bridgehead atoms. The van der Waals surface area contributed by atoms with Crippen molar-refractivity contribution in [3.05, 3.63) is 23.3 Å². The van der Waals surface area contributed by atoms with Gasteiger partial charge in [0.1, 0.15) is 5.75 Å². The minimum atomic E-state index is 0.325. The summed E-state index contributed by atoms with van der Waals surface area (Å²) in [6.45, 7) is 3.80. The predicted octanol–water partition coefficient (Wildman–Crippen LogP) is 2.23. The third-order valence-electron chi connectivity index (χ3n) is 1.94. The number of aliphatic imine (C=N–C) groups is 1. The van der Waals surface area contributed by atoms with Crippen LogP contribution < -0.4 is 0 Å². The van der Waals surface area contributed by atoms with Gasteiger partial charge >= 0.3 is 0 Å². The Kier molecular flexibility index (Phi) is 3.12. The molecular formula is C11H16N2O. The highest BCUT2D eigenvalue weighted by molar-refractivity contribution is 5.64. The van der Waals surface area contributed by atoms with E-state index in [2.05, 4.69) is 4.99 Å². The van der Waals surface area contributed by atoms with E-state index in [9.17, 15) is 5.11 Å². The van der Waals surface area contributed by atoms with Gasteiger partial charge in [-0.05, 0) is 37.1 Å². The molecule has 0 aliphatic rings. The molecule has 1 N–H and O–H groups in total. The van der Waals surface area contributed by atoms with E-state index in [4.69, 9.17) is 0 Å². The van der Waals surface area contributed by atoms with Crippen LogP contribution in [0.15, 0.2) is 17.1 Å². The Morgan fingerprint density at radius 2 is 1.86 bits per heavy atom. The number of nitrogens with zero attached hydrogens (tertiary/aromatic N) is 2. The lowest BCUT2D eigenvalue weighted by Gasteiger charge is -2.06. The molecule has 14 heavy (non-hydrogen) atoms. The fraction of sp³-hybridized carbons (Fsp3) is 0.364. The van der Waals surface area contributed by atoms with Crippen molar-refractivity contribution in [2.24, 2.45) is 4.99 Å². The lowest BCUT2D eigenvalue weighted by atomic mass is 10.1. The molecule has 1 aromatic rings. The van der Waals surface area contributed by atoms with Crippen molar-refractivity contribution in [1.29, 1.82) is 0 Å².